The summed E-state index contributed by atoms with van der Waals surface area (Å²) in [6.07, 6.45) is 0. The fourth-order valence-corrected chi connectivity index (χ4v) is 3.15. The number of carboxylic acids is 1. The molecule has 3 rings (SSSR count). The molecule has 0 saturated carbocycles. The van der Waals surface area contributed by atoms with Crippen LogP contribution in [-0.4, -0.2) is 20.9 Å². The summed E-state index contributed by atoms with van der Waals surface area (Å²) in [4.78, 5) is 15.0. The molecular weight excluding hydrogens is 391 g/mol. The molecular formula is C16H9ClF3N3O2S. The molecule has 0 saturated heterocycles. The Balaban J connectivity index is 2.15. The number of carboxylic acid groups (broad SMARTS) is 1. The van der Waals surface area contributed by atoms with Crippen molar-refractivity contribution in [3.05, 3.63) is 63.2 Å². The summed E-state index contributed by atoms with van der Waals surface area (Å²) in [5.41, 5.74) is -1.30. The van der Waals surface area contributed by atoms with Crippen LogP contribution < -0.4 is 4.80 Å². The van der Waals surface area contributed by atoms with Crippen molar-refractivity contribution in [2.45, 2.75) is 0 Å². The number of aromatic nitrogens is 2. The first-order valence-corrected chi connectivity index (χ1v) is 8.23. The molecule has 0 spiro atoms. The molecule has 0 aliphatic carbocycles. The zero-order chi connectivity index (χ0) is 19.0. The van der Waals surface area contributed by atoms with Crippen molar-refractivity contribution in [2.24, 2.45) is 12.0 Å². The Bertz CT molecular complexity index is 1080. The number of nitrogens with zero attached hydrogens (tertiary/aromatic N) is 3. The van der Waals surface area contributed by atoms with Crippen molar-refractivity contribution in [3.63, 3.8) is 0 Å². The average Bonchev–Trinajstić information content (AvgIpc) is 2.94. The van der Waals surface area contributed by atoms with Gasteiger partial charge >= 0.3 is 5.97 Å². The van der Waals surface area contributed by atoms with Crippen molar-refractivity contribution in [1.29, 1.82) is 0 Å². The Labute approximate surface area is 153 Å². The highest BCUT2D eigenvalue weighted by molar-refractivity contribution is 7.12. The van der Waals surface area contributed by atoms with E-state index in [0.29, 0.717) is 16.1 Å². The third kappa shape index (κ3) is 3.35. The Morgan fingerprint density at radius 2 is 1.88 bits per heavy atom. The van der Waals surface area contributed by atoms with Gasteiger partial charge in [0.1, 0.15) is 16.3 Å². The van der Waals surface area contributed by atoms with Crippen LogP contribution in [0.1, 0.15) is 10.4 Å². The molecule has 0 aliphatic rings. The zero-order valence-corrected chi connectivity index (χ0v) is 14.6. The van der Waals surface area contributed by atoms with Gasteiger partial charge in [-0.25, -0.2) is 27.6 Å². The van der Waals surface area contributed by atoms with Gasteiger partial charge in [0.2, 0.25) is 4.80 Å². The van der Waals surface area contributed by atoms with Gasteiger partial charge in [-0.2, -0.15) is 5.10 Å². The van der Waals surface area contributed by atoms with Crippen LogP contribution in [0.25, 0.3) is 10.6 Å². The van der Waals surface area contributed by atoms with Crippen LogP contribution in [0.3, 0.4) is 0 Å². The molecule has 0 amide bonds. The topological polar surface area (TPSA) is 67.5 Å². The number of hydrogen-bond acceptors (Lipinski definition) is 4. The molecule has 0 unspecified atom stereocenters. The third-order valence-electron chi connectivity index (χ3n) is 3.36. The molecule has 0 radical (unpaired) electrons. The largest absolute Gasteiger partial charge is 0.477 e. The highest BCUT2D eigenvalue weighted by Gasteiger charge is 2.24. The number of benzene rings is 2. The number of halogens is 4. The maximum atomic E-state index is 14.2. The van der Waals surface area contributed by atoms with E-state index in [1.54, 1.807) is 24.3 Å². The zero-order valence-electron chi connectivity index (χ0n) is 13.0. The maximum absolute atomic E-state index is 14.2. The number of aryl methyl sites for hydroxylation is 1. The smallest absolute Gasteiger partial charge is 0.341 e. The summed E-state index contributed by atoms with van der Waals surface area (Å²) in [5.74, 6) is -6.67. The first kappa shape index (κ1) is 18.2. The fraction of sp³-hybridized carbons (Fsp3) is 0.0625. The molecule has 1 heterocycles. The van der Waals surface area contributed by atoms with E-state index in [1.807, 2.05) is 0 Å². The molecule has 3 aromatic rings. The first-order chi connectivity index (χ1) is 12.3. The van der Waals surface area contributed by atoms with Gasteiger partial charge in [0.15, 0.2) is 17.5 Å². The Hall–Kier alpha value is -2.65. The highest BCUT2D eigenvalue weighted by atomic mass is 35.5. The molecule has 10 heteroatoms. The monoisotopic (exact) mass is 399 g/mol. The van der Waals surface area contributed by atoms with E-state index in [0.717, 1.165) is 16.9 Å². The van der Waals surface area contributed by atoms with E-state index in [9.17, 15) is 18.0 Å². The molecule has 5 nitrogen and oxygen atoms in total. The van der Waals surface area contributed by atoms with Crippen LogP contribution in [0.15, 0.2) is 35.3 Å². The van der Waals surface area contributed by atoms with Crippen LogP contribution in [0.2, 0.25) is 5.02 Å². The van der Waals surface area contributed by atoms with Crippen LogP contribution in [-0.2, 0) is 7.05 Å². The molecule has 0 aliphatic heterocycles. The Morgan fingerprint density at radius 3 is 2.50 bits per heavy atom. The molecule has 26 heavy (non-hydrogen) atoms. The SMILES string of the molecule is Cn1nc(-c2ccc(Cl)cc2)s/c1=N/c1cc(F)c(F)c(C(=O)O)c1F. The standard InChI is InChI=1S/C16H9ClF3N3O2S/c1-23-16(26-14(22-23)7-2-4-8(17)5-3-7)21-10-6-9(18)12(19)11(13(10)20)15(24)25/h2-6H,1H3,(H,24,25)/b21-16+. The summed E-state index contributed by atoms with van der Waals surface area (Å²) < 4.78 is 42.7. The lowest BCUT2D eigenvalue weighted by molar-refractivity contribution is 0.0685. The van der Waals surface area contributed by atoms with Crippen molar-refractivity contribution in [2.75, 3.05) is 0 Å². The highest BCUT2D eigenvalue weighted by Crippen LogP contribution is 2.27. The second kappa shape index (κ2) is 6.93. The van der Waals surface area contributed by atoms with Crippen LogP contribution in [0.4, 0.5) is 18.9 Å². The van der Waals surface area contributed by atoms with E-state index in [-0.39, 0.29) is 4.80 Å². The second-order valence-corrected chi connectivity index (χ2v) is 6.51. The number of rotatable bonds is 3. The number of aromatic carboxylic acids is 1. The van der Waals surface area contributed by atoms with Gasteiger partial charge < -0.3 is 5.11 Å². The van der Waals surface area contributed by atoms with Crippen LogP contribution in [0, 0.1) is 17.5 Å². The summed E-state index contributed by atoms with van der Waals surface area (Å²) in [7, 11) is 1.53. The van der Waals surface area contributed by atoms with Gasteiger partial charge in [-0.1, -0.05) is 35.1 Å². The maximum Gasteiger partial charge on any atom is 0.341 e. The minimum absolute atomic E-state index is 0.163. The van der Waals surface area contributed by atoms with Crippen molar-refractivity contribution in [1.82, 2.24) is 9.78 Å². The van der Waals surface area contributed by atoms with E-state index >= 15 is 0 Å². The number of carbonyl (C=O) groups is 1. The summed E-state index contributed by atoms with van der Waals surface area (Å²) in [6, 6.07) is 7.29. The second-order valence-electron chi connectivity index (χ2n) is 5.12. The van der Waals surface area contributed by atoms with E-state index in [4.69, 9.17) is 16.7 Å². The lowest BCUT2D eigenvalue weighted by Crippen LogP contribution is -2.12. The van der Waals surface area contributed by atoms with E-state index in [1.165, 1.54) is 11.7 Å². The van der Waals surface area contributed by atoms with Gasteiger partial charge in [0.25, 0.3) is 0 Å². The minimum atomic E-state index is -1.92. The van der Waals surface area contributed by atoms with Gasteiger partial charge in [-0.3, -0.25) is 0 Å². The normalized spacial score (nSPS) is 11.8. The molecule has 1 aromatic heterocycles. The Morgan fingerprint density at radius 1 is 1.23 bits per heavy atom. The van der Waals surface area contributed by atoms with Crippen LogP contribution in [0.5, 0.6) is 0 Å². The predicted octanol–water partition coefficient (Wildman–Crippen LogP) is 4.15. The molecule has 2 aromatic carbocycles. The van der Waals surface area contributed by atoms with Gasteiger partial charge in [0, 0.05) is 23.7 Å². The van der Waals surface area contributed by atoms with Crippen molar-refractivity contribution < 1.29 is 23.1 Å². The third-order valence-corrected chi connectivity index (χ3v) is 4.66. The first-order valence-electron chi connectivity index (χ1n) is 7.03. The van der Waals surface area contributed by atoms with Crippen molar-refractivity contribution >= 4 is 34.6 Å². The lowest BCUT2D eigenvalue weighted by Gasteiger charge is -2.03. The predicted molar refractivity (Wildman–Crippen MR) is 90.0 cm³/mol. The Kier molecular flexibility index (Phi) is 4.84. The van der Waals surface area contributed by atoms with Crippen molar-refractivity contribution in [3.8, 4) is 10.6 Å². The molecule has 0 fully saturated rings. The van der Waals surface area contributed by atoms with Gasteiger partial charge in [0.05, 0.1) is 0 Å². The van der Waals surface area contributed by atoms with Crippen LogP contribution >= 0.6 is 22.9 Å². The van der Waals surface area contributed by atoms with E-state index < -0.39 is 34.7 Å². The number of hydrogen-bond donors (Lipinski definition) is 1. The summed E-state index contributed by atoms with van der Waals surface area (Å²) in [5, 5.41) is 14.2. The molecule has 0 atom stereocenters. The summed E-state index contributed by atoms with van der Waals surface area (Å²) in [6.45, 7) is 0. The average molecular weight is 400 g/mol. The molecule has 1 N–H and O–H groups in total. The summed E-state index contributed by atoms with van der Waals surface area (Å²) >= 11 is 6.89. The van der Waals surface area contributed by atoms with E-state index in [2.05, 4.69) is 10.1 Å². The minimum Gasteiger partial charge on any atom is -0.477 e. The molecule has 0 bridgehead atoms. The van der Waals surface area contributed by atoms with Gasteiger partial charge in [-0.05, 0) is 12.1 Å². The molecule has 134 valence electrons. The fourth-order valence-electron chi connectivity index (χ4n) is 2.12. The quantitative estimate of drug-likeness (QED) is 0.673. The van der Waals surface area contributed by atoms with Gasteiger partial charge in [-0.15, -0.1) is 0 Å². The lowest BCUT2D eigenvalue weighted by atomic mass is 10.1.